The molecule has 0 bridgehead atoms. The lowest BCUT2D eigenvalue weighted by Gasteiger charge is -2.41. The van der Waals surface area contributed by atoms with Crippen LogP contribution in [-0.4, -0.2) is 70.7 Å². The summed E-state index contributed by atoms with van der Waals surface area (Å²) < 4.78 is 0. The van der Waals surface area contributed by atoms with Crippen LogP contribution in [0, 0.1) is 0 Å². The number of pyridine rings is 1. The number of aliphatic hydroxyl groups is 1. The number of aromatic nitrogens is 1. The van der Waals surface area contributed by atoms with Crippen molar-refractivity contribution in [2.24, 2.45) is 0 Å². The summed E-state index contributed by atoms with van der Waals surface area (Å²) in [7, 11) is 0. The summed E-state index contributed by atoms with van der Waals surface area (Å²) in [5.41, 5.74) is 0.778. The Morgan fingerprint density at radius 1 is 1.45 bits per heavy atom. The Morgan fingerprint density at radius 2 is 2.18 bits per heavy atom. The summed E-state index contributed by atoms with van der Waals surface area (Å²) in [6.45, 7) is 7.70. The van der Waals surface area contributed by atoms with E-state index in [1.807, 2.05) is 6.92 Å². The number of nitrogens with zero attached hydrogens (tertiary/aromatic N) is 3. The summed E-state index contributed by atoms with van der Waals surface area (Å²) in [6.07, 6.45) is 4.04. The number of nitrogens with one attached hydrogen (secondary N) is 1. The van der Waals surface area contributed by atoms with Crippen LogP contribution in [0.3, 0.4) is 0 Å². The van der Waals surface area contributed by atoms with Gasteiger partial charge < -0.3 is 10.4 Å². The van der Waals surface area contributed by atoms with Crippen molar-refractivity contribution in [3.63, 3.8) is 0 Å². The molecule has 6 heteroatoms. The van der Waals surface area contributed by atoms with E-state index in [-0.39, 0.29) is 12.0 Å². The minimum atomic E-state index is -0.310. The Labute approximate surface area is 132 Å². The second kappa shape index (κ2) is 8.22. The first kappa shape index (κ1) is 16.9. The number of carbonyl (C=O) groups excluding carboxylic acids is 1. The van der Waals surface area contributed by atoms with Gasteiger partial charge in [0.2, 0.25) is 5.91 Å². The maximum absolute atomic E-state index is 12.1. The highest BCUT2D eigenvalue weighted by Gasteiger charge is 2.27. The monoisotopic (exact) mass is 306 g/mol. The molecule has 2 rings (SSSR count). The molecule has 1 aliphatic heterocycles. The lowest BCUT2D eigenvalue weighted by molar-refractivity contribution is -0.118. The molecule has 1 saturated heterocycles. The highest BCUT2D eigenvalue weighted by Crippen LogP contribution is 2.13. The fourth-order valence-corrected chi connectivity index (χ4v) is 2.91. The predicted octanol–water partition coefficient (Wildman–Crippen LogP) is 0.797. The Bertz CT molecular complexity index is 466. The van der Waals surface area contributed by atoms with Gasteiger partial charge in [0.15, 0.2) is 0 Å². The van der Waals surface area contributed by atoms with E-state index in [0.29, 0.717) is 19.1 Å². The number of hydrogen-bond donors (Lipinski definition) is 2. The van der Waals surface area contributed by atoms with Gasteiger partial charge in [-0.2, -0.15) is 0 Å². The van der Waals surface area contributed by atoms with Gasteiger partial charge in [-0.15, -0.1) is 0 Å². The Morgan fingerprint density at radius 3 is 2.82 bits per heavy atom. The molecule has 0 aromatic carbocycles. The first-order chi connectivity index (χ1) is 10.6. The van der Waals surface area contributed by atoms with Gasteiger partial charge in [0.1, 0.15) is 0 Å². The smallest absolute Gasteiger partial charge is 0.238 e. The first-order valence-electron chi connectivity index (χ1n) is 7.92. The molecule has 0 saturated carbocycles. The minimum absolute atomic E-state index is 0.00466. The number of β-amino-alcohol motifs (C(OH)–C–C–N with tert-alkyl or cyclic N) is 1. The molecule has 0 spiro atoms. The lowest BCUT2D eigenvalue weighted by Crippen LogP contribution is -2.55. The maximum atomic E-state index is 12.1. The molecule has 0 radical (unpaired) electrons. The van der Waals surface area contributed by atoms with Crippen molar-refractivity contribution in [3.05, 3.63) is 24.5 Å². The van der Waals surface area contributed by atoms with Gasteiger partial charge in [-0.05, 0) is 25.5 Å². The van der Waals surface area contributed by atoms with Crippen molar-refractivity contribution in [3.8, 4) is 0 Å². The van der Waals surface area contributed by atoms with Crippen LogP contribution in [0.1, 0.15) is 20.3 Å². The third-order valence-corrected chi connectivity index (χ3v) is 3.99. The van der Waals surface area contributed by atoms with Crippen LogP contribution in [0.4, 0.5) is 5.69 Å². The van der Waals surface area contributed by atoms with Gasteiger partial charge in [-0.25, -0.2) is 0 Å². The van der Waals surface area contributed by atoms with Crippen molar-refractivity contribution >= 4 is 11.6 Å². The molecule has 22 heavy (non-hydrogen) atoms. The largest absolute Gasteiger partial charge is 0.392 e. The third-order valence-electron chi connectivity index (χ3n) is 3.99. The maximum Gasteiger partial charge on any atom is 0.238 e. The first-order valence-corrected chi connectivity index (χ1v) is 7.92. The number of rotatable bonds is 6. The zero-order chi connectivity index (χ0) is 15.9. The molecule has 2 atom stereocenters. The molecule has 1 aromatic heterocycles. The van der Waals surface area contributed by atoms with Crippen LogP contribution >= 0.6 is 0 Å². The fraction of sp³-hybridized carbons (Fsp3) is 0.625. The van der Waals surface area contributed by atoms with E-state index in [1.54, 1.807) is 24.5 Å². The van der Waals surface area contributed by atoms with Gasteiger partial charge >= 0.3 is 0 Å². The SMILES string of the molecule is CC[C@H]1CN(CC(=O)Nc2ccncc2)CCN1C[C@@H](C)O. The quantitative estimate of drug-likeness (QED) is 0.813. The van der Waals surface area contributed by atoms with E-state index in [4.69, 9.17) is 0 Å². The van der Waals surface area contributed by atoms with Crippen LogP contribution in [0.2, 0.25) is 0 Å². The van der Waals surface area contributed by atoms with E-state index >= 15 is 0 Å². The molecule has 1 aliphatic rings. The third kappa shape index (κ3) is 5.05. The standard InChI is InChI=1S/C16H26N4O2/c1-3-15-11-19(8-9-20(15)10-13(2)21)12-16(22)18-14-4-6-17-7-5-14/h4-7,13,15,21H,3,8-12H2,1-2H3,(H,17,18,22)/t13-,15+/m1/s1. The number of piperazine rings is 1. The Kier molecular flexibility index (Phi) is 6.30. The predicted molar refractivity (Wildman–Crippen MR) is 86.6 cm³/mol. The van der Waals surface area contributed by atoms with Gasteiger partial charge in [-0.3, -0.25) is 19.6 Å². The van der Waals surface area contributed by atoms with Crippen molar-refractivity contribution in [2.45, 2.75) is 32.4 Å². The minimum Gasteiger partial charge on any atom is -0.392 e. The average molecular weight is 306 g/mol. The molecule has 2 N–H and O–H groups in total. The number of carbonyl (C=O) groups is 1. The summed E-state index contributed by atoms with van der Waals surface area (Å²) in [6, 6.07) is 3.97. The van der Waals surface area contributed by atoms with E-state index < -0.39 is 0 Å². The van der Waals surface area contributed by atoms with Crippen molar-refractivity contribution in [2.75, 3.05) is 38.0 Å². The van der Waals surface area contributed by atoms with E-state index in [9.17, 15) is 9.90 Å². The molecule has 0 unspecified atom stereocenters. The number of aliphatic hydroxyl groups excluding tert-OH is 1. The molecular weight excluding hydrogens is 280 g/mol. The second-order valence-electron chi connectivity index (χ2n) is 5.93. The molecule has 1 aromatic rings. The van der Waals surface area contributed by atoms with Gasteiger partial charge in [0, 0.05) is 50.3 Å². The Hall–Kier alpha value is -1.50. The van der Waals surface area contributed by atoms with Crippen LogP contribution in [0.25, 0.3) is 0 Å². The average Bonchev–Trinajstić information content (AvgIpc) is 2.49. The van der Waals surface area contributed by atoms with Gasteiger partial charge in [0.05, 0.1) is 12.6 Å². The van der Waals surface area contributed by atoms with E-state index in [1.165, 1.54) is 0 Å². The molecule has 0 aliphatic carbocycles. The van der Waals surface area contributed by atoms with Gasteiger partial charge in [-0.1, -0.05) is 6.92 Å². The number of hydrogen-bond acceptors (Lipinski definition) is 5. The molecular formula is C16H26N4O2. The second-order valence-corrected chi connectivity index (χ2v) is 5.93. The van der Waals surface area contributed by atoms with Crippen LogP contribution in [0.15, 0.2) is 24.5 Å². The van der Waals surface area contributed by atoms with Crippen LogP contribution in [0.5, 0.6) is 0 Å². The zero-order valence-electron chi connectivity index (χ0n) is 13.4. The Balaban J connectivity index is 1.83. The molecule has 122 valence electrons. The number of amides is 1. The summed E-state index contributed by atoms with van der Waals surface area (Å²) in [5.74, 6) is 0.00466. The fourth-order valence-electron chi connectivity index (χ4n) is 2.91. The van der Waals surface area contributed by atoms with Crippen LogP contribution < -0.4 is 5.32 Å². The highest BCUT2D eigenvalue weighted by atomic mass is 16.3. The summed E-state index contributed by atoms with van der Waals surface area (Å²) in [4.78, 5) is 20.5. The van der Waals surface area contributed by atoms with E-state index in [2.05, 4.69) is 27.0 Å². The molecule has 1 amide bonds. The highest BCUT2D eigenvalue weighted by molar-refractivity contribution is 5.92. The van der Waals surface area contributed by atoms with E-state index in [0.717, 1.165) is 31.7 Å². The topological polar surface area (TPSA) is 68.7 Å². The van der Waals surface area contributed by atoms with Gasteiger partial charge in [0.25, 0.3) is 0 Å². The normalized spacial score (nSPS) is 21.5. The summed E-state index contributed by atoms with van der Waals surface area (Å²) >= 11 is 0. The molecule has 1 fully saturated rings. The lowest BCUT2D eigenvalue weighted by atomic mass is 10.1. The number of anilines is 1. The van der Waals surface area contributed by atoms with Crippen molar-refractivity contribution in [1.82, 2.24) is 14.8 Å². The van der Waals surface area contributed by atoms with Crippen molar-refractivity contribution in [1.29, 1.82) is 0 Å². The summed E-state index contributed by atoms with van der Waals surface area (Å²) in [5, 5.41) is 12.5. The van der Waals surface area contributed by atoms with Crippen molar-refractivity contribution < 1.29 is 9.90 Å². The zero-order valence-corrected chi connectivity index (χ0v) is 13.4. The molecule has 6 nitrogen and oxygen atoms in total. The van der Waals surface area contributed by atoms with Crippen LogP contribution in [-0.2, 0) is 4.79 Å². The molecule has 2 heterocycles.